The molecule has 0 bridgehead atoms. The highest BCUT2D eigenvalue weighted by atomic mass is 79.9. The predicted molar refractivity (Wildman–Crippen MR) is 94.4 cm³/mol. The number of carbonyl (C=O) groups excluding carboxylic acids is 1. The van der Waals surface area contributed by atoms with Crippen LogP contribution in [-0.2, 0) is 4.74 Å². The first-order chi connectivity index (χ1) is 11.1. The molecule has 1 fully saturated rings. The maximum Gasteiger partial charge on any atom is 0.257 e. The number of hydrogen-bond donors (Lipinski definition) is 1. The Morgan fingerprint density at radius 3 is 2.78 bits per heavy atom. The van der Waals surface area contributed by atoms with E-state index in [0.717, 1.165) is 23.2 Å². The summed E-state index contributed by atoms with van der Waals surface area (Å²) in [5, 5.41) is 3.50. The van der Waals surface area contributed by atoms with Gasteiger partial charge in [0, 0.05) is 35.0 Å². The van der Waals surface area contributed by atoms with Crippen LogP contribution < -0.4 is 10.2 Å². The number of carbonyl (C=O) groups is 1. The normalized spacial score (nSPS) is 14.6. The van der Waals surface area contributed by atoms with E-state index in [9.17, 15) is 4.79 Å². The zero-order valence-electron chi connectivity index (χ0n) is 12.3. The molecule has 0 atom stereocenters. The van der Waals surface area contributed by atoms with Crippen LogP contribution in [0.15, 0.2) is 41.1 Å². The largest absolute Gasteiger partial charge is 0.378 e. The second-order valence-corrected chi connectivity index (χ2v) is 6.46. The van der Waals surface area contributed by atoms with E-state index in [2.05, 4.69) is 31.1 Å². The number of nitrogens with one attached hydrogen (secondary N) is 1. The molecule has 2 heterocycles. The Morgan fingerprint density at radius 1 is 1.26 bits per heavy atom. The predicted octanol–water partition coefficient (Wildman–Crippen LogP) is 3.59. The fraction of sp³-hybridized carbons (Fsp3) is 0.250. The van der Waals surface area contributed by atoms with Gasteiger partial charge >= 0.3 is 0 Å². The van der Waals surface area contributed by atoms with Gasteiger partial charge in [0.1, 0.15) is 0 Å². The lowest BCUT2D eigenvalue weighted by Crippen LogP contribution is -2.36. The molecule has 0 spiro atoms. The highest BCUT2D eigenvalue weighted by Gasteiger charge is 2.17. The first-order valence-corrected chi connectivity index (χ1v) is 8.35. The van der Waals surface area contributed by atoms with E-state index in [0.29, 0.717) is 29.5 Å². The fourth-order valence-electron chi connectivity index (χ4n) is 2.42. The van der Waals surface area contributed by atoms with Crippen LogP contribution in [-0.4, -0.2) is 37.2 Å². The molecule has 1 amide bonds. The molecule has 1 N–H and O–H groups in total. The molecule has 1 aliphatic rings. The highest BCUT2D eigenvalue weighted by Crippen LogP contribution is 2.30. The molecule has 0 aliphatic carbocycles. The summed E-state index contributed by atoms with van der Waals surface area (Å²) in [6.07, 6.45) is 3.16. The zero-order chi connectivity index (χ0) is 16.2. The topological polar surface area (TPSA) is 54.5 Å². The number of rotatable bonds is 3. The Kier molecular flexibility index (Phi) is 5.15. The van der Waals surface area contributed by atoms with Gasteiger partial charge in [-0.05, 0) is 40.2 Å². The molecule has 7 heteroatoms. The van der Waals surface area contributed by atoms with E-state index in [1.807, 2.05) is 12.1 Å². The van der Waals surface area contributed by atoms with Gasteiger partial charge in [-0.15, -0.1) is 0 Å². The minimum atomic E-state index is -0.226. The lowest BCUT2D eigenvalue weighted by Gasteiger charge is -2.30. The summed E-state index contributed by atoms with van der Waals surface area (Å²) in [7, 11) is 0. The number of morpholine rings is 1. The Balaban J connectivity index is 1.86. The first-order valence-electron chi connectivity index (χ1n) is 7.17. The van der Waals surface area contributed by atoms with Crippen LogP contribution in [0, 0.1) is 0 Å². The summed E-state index contributed by atoms with van der Waals surface area (Å²) < 4.78 is 6.13. The van der Waals surface area contributed by atoms with Crippen molar-refractivity contribution >= 4 is 44.8 Å². The average Bonchev–Trinajstić information content (AvgIpc) is 2.56. The number of amides is 1. The minimum absolute atomic E-state index is 0.226. The number of pyridine rings is 1. The van der Waals surface area contributed by atoms with Gasteiger partial charge in [0.05, 0.1) is 30.2 Å². The number of ether oxygens (including phenoxy) is 1. The van der Waals surface area contributed by atoms with Crippen LogP contribution in [0.1, 0.15) is 10.4 Å². The van der Waals surface area contributed by atoms with Crippen molar-refractivity contribution in [3.8, 4) is 0 Å². The summed E-state index contributed by atoms with van der Waals surface area (Å²) in [4.78, 5) is 18.6. The summed E-state index contributed by atoms with van der Waals surface area (Å²) in [5.41, 5.74) is 2.10. The molecular formula is C16H15BrClN3O2. The number of hydrogen-bond acceptors (Lipinski definition) is 4. The molecule has 1 aliphatic heterocycles. The third-order valence-corrected chi connectivity index (χ3v) is 4.19. The van der Waals surface area contributed by atoms with Gasteiger partial charge in [-0.3, -0.25) is 9.78 Å². The van der Waals surface area contributed by atoms with E-state index in [1.165, 1.54) is 6.20 Å². The van der Waals surface area contributed by atoms with E-state index < -0.39 is 0 Å². The van der Waals surface area contributed by atoms with Crippen molar-refractivity contribution in [2.75, 3.05) is 36.5 Å². The molecule has 5 nitrogen and oxygen atoms in total. The average molecular weight is 397 g/mol. The van der Waals surface area contributed by atoms with Crippen LogP contribution in [0.4, 0.5) is 11.4 Å². The van der Waals surface area contributed by atoms with Gasteiger partial charge < -0.3 is 15.0 Å². The Labute approximate surface area is 147 Å². The summed E-state index contributed by atoms with van der Waals surface area (Å²) in [5.74, 6) is -0.226. The summed E-state index contributed by atoms with van der Waals surface area (Å²) >= 11 is 9.41. The molecule has 3 rings (SSSR count). The van der Waals surface area contributed by atoms with Crippen LogP contribution in [0.5, 0.6) is 0 Å². The van der Waals surface area contributed by atoms with Gasteiger partial charge in [-0.25, -0.2) is 0 Å². The smallest absolute Gasteiger partial charge is 0.257 e. The zero-order valence-corrected chi connectivity index (χ0v) is 14.6. The van der Waals surface area contributed by atoms with E-state index in [1.54, 1.807) is 18.3 Å². The maximum absolute atomic E-state index is 12.5. The number of anilines is 2. The molecule has 2 aromatic rings. The second-order valence-electron chi connectivity index (χ2n) is 5.11. The standard InChI is InChI=1S/C16H15BrClN3O2/c17-12-7-11(9-19-10-12)16(22)20-14-8-13(18)1-2-15(14)21-3-5-23-6-4-21/h1-2,7-10H,3-6H2,(H,20,22). The second kappa shape index (κ2) is 7.29. The monoisotopic (exact) mass is 395 g/mol. The van der Waals surface area contributed by atoms with Gasteiger partial charge in [-0.2, -0.15) is 0 Å². The number of aromatic nitrogens is 1. The number of nitrogens with zero attached hydrogens (tertiary/aromatic N) is 2. The van der Waals surface area contributed by atoms with Gasteiger partial charge in [0.15, 0.2) is 0 Å². The number of halogens is 2. The molecule has 23 heavy (non-hydrogen) atoms. The molecule has 120 valence electrons. The van der Waals surface area contributed by atoms with Gasteiger partial charge in [0.2, 0.25) is 0 Å². The quantitative estimate of drug-likeness (QED) is 0.861. The third kappa shape index (κ3) is 4.02. The molecule has 1 saturated heterocycles. The van der Waals surface area contributed by atoms with Crippen molar-refractivity contribution in [1.29, 1.82) is 0 Å². The number of benzene rings is 1. The Hall–Kier alpha value is -1.63. The first kappa shape index (κ1) is 16.2. The van der Waals surface area contributed by atoms with Gasteiger partial charge in [0.25, 0.3) is 5.91 Å². The highest BCUT2D eigenvalue weighted by molar-refractivity contribution is 9.10. The summed E-state index contributed by atoms with van der Waals surface area (Å²) in [6, 6.07) is 7.22. The third-order valence-electron chi connectivity index (χ3n) is 3.53. The van der Waals surface area contributed by atoms with Gasteiger partial charge in [-0.1, -0.05) is 11.6 Å². The fourth-order valence-corrected chi connectivity index (χ4v) is 2.96. The molecule has 1 aromatic heterocycles. The minimum Gasteiger partial charge on any atom is -0.378 e. The van der Waals surface area contributed by atoms with E-state index in [-0.39, 0.29) is 5.91 Å². The van der Waals surface area contributed by atoms with Crippen LogP contribution in [0.3, 0.4) is 0 Å². The van der Waals surface area contributed by atoms with Crippen LogP contribution in [0.2, 0.25) is 5.02 Å². The molecule has 0 saturated carbocycles. The van der Waals surface area contributed by atoms with Crippen molar-refractivity contribution in [2.45, 2.75) is 0 Å². The summed E-state index contributed by atoms with van der Waals surface area (Å²) in [6.45, 7) is 2.91. The van der Waals surface area contributed by atoms with Crippen molar-refractivity contribution < 1.29 is 9.53 Å². The van der Waals surface area contributed by atoms with Crippen LogP contribution in [0.25, 0.3) is 0 Å². The van der Waals surface area contributed by atoms with Crippen molar-refractivity contribution in [2.24, 2.45) is 0 Å². The maximum atomic E-state index is 12.5. The molecular weight excluding hydrogens is 382 g/mol. The van der Waals surface area contributed by atoms with Crippen molar-refractivity contribution in [1.82, 2.24) is 4.98 Å². The Bertz CT molecular complexity index is 720. The molecule has 0 radical (unpaired) electrons. The molecule has 0 unspecified atom stereocenters. The van der Waals surface area contributed by atoms with E-state index >= 15 is 0 Å². The van der Waals surface area contributed by atoms with Crippen molar-refractivity contribution in [3.05, 3.63) is 51.7 Å². The van der Waals surface area contributed by atoms with E-state index in [4.69, 9.17) is 16.3 Å². The lowest BCUT2D eigenvalue weighted by molar-refractivity contribution is 0.102. The van der Waals surface area contributed by atoms with Crippen LogP contribution >= 0.6 is 27.5 Å². The SMILES string of the molecule is O=C(Nc1cc(Cl)ccc1N1CCOCC1)c1cncc(Br)c1. The Morgan fingerprint density at radius 2 is 2.04 bits per heavy atom. The molecule has 1 aromatic carbocycles. The lowest BCUT2D eigenvalue weighted by atomic mass is 10.2. The van der Waals surface area contributed by atoms with Crippen molar-refractivity contribution in [3.63, 3.8) is 0 Å².